The highest BCUT2D eigenvalue weighted by atomic mass is 32.2. The highest BCUT2D eigenvalue weighted by Crippen LogP contribution is 2.35. The molecule has 3 rings (SSSR count). The summed E-state index contributed by atoms with van der Waals surface area (Å²) in [6.45, 7) is 2.25. The van der Waals surface area contributed by atoms with Crippen molar-refractivity contribution in [2.45, 2.75) is 31.1 Å². The molecule has 20 heavy (non-hydrogen) atoms. The van der Waals surface area contributed by atoms with Gasteiger partial charge in [-0.1, -0.05) is 12.2 Å². The zero-order valence-electron chi connectivity index (χ0n) is 11.3. The molecule has 0 aromatic carbocycles. The molecule has 0 bridgehead atoms. The number of nitrogens with zero attached hydrogens (tertiary/aromatic N) is 1. The van der Waals surface area contributed by atoms with Crippen LogP contribution in [0.1, 0.15) is 19.3 Å². The zero-order chi connectivity index (χ0) is 14.2. The predicted molar refractivity (Wildman–Crippen MR) is 74.3 cm³/mol. The van der Waals surface area contributed by atoms with Crippen LogP contribution in [0.2, 0.25) is 0 Å². The van der Waals surface area contributed by atoms with E-state index in [0.29, 0.717) is 26.1 Å². The monoisotopic (exact) mass is 300 g/mol. The minimum Gasteiger partial charge on any atom is -0.389 e. The Morgan fingerprint density at radius 1 is 1.50 bits per heavy atom. The van der Waals surface area contributed by atoms with Crippen LogP contribution in [0.25, 0.3) is 0 Å². The maximum absolute atomic E-state index is 12.8. The van der Waals surface area contributed by atoms with Gasteiger partial charge < -0.3 is 15.2 Å². The van der Waals surface area contributed by atoms with Gasteiger partial charge in [-0.2, -0.15) is 4.31 Å². The number of hydrogen-bond acceptors (Lipinski definition) is 5. The van der Waals surface area contributed by atoms with Crippen molar-refractivity contribution in [3.8, 4) is 0 Å². The van der Waals surface area contributed by atoms with Gasteiger partial charge >= 0.3 is 0 Å². The molecule has 2 atom stereocenters. The maximum Gasteiger partial charge on any atom is 0.245 e. The van der Waals surface area contributed by atoms with Gasteiger partial charge in [-0.05, 0) is 31.9 Å². The van der Waals surface area contributed by atoms with Gasteiger partial charge in [0.05, 0.1) is 17.6 Å². The number of aliphatic hydroxyl groups is 1. The van der Waals surface area contributed by atoms with Gasteiger partial charge in [-0.15, -0.1) is 0 Å². The number of sulfonamides is 1. The van der Waals surface area contributed by atoms with Crippen LogP contribution in [0, 0.1) is 0 Å². The van der Waals surface area contributed by atoms with Crippen molar-refractivity contribution < 1.29 is 18.3 Å². The summed E-state index contributed by atoms with van der Waals surface area (Å²) in [5, 5.41) is 12.6. The van der Waals surface area contributed by atoms with Crippen molar-refractivity contribution in [2.24, 2.45) is 0 Å². The second kappa shape index (κ2) is 5.23. The third kappa shape index (κ3) is 2.33. The van der Waals surface area contributed by atoms with E-state index < -0.39 is 21.9 Å². The molecule has 2 heterocycles. The van der Waals surface area contributed by atoms with E-state index in [4.69, 9.17) is 4.74 Å². The van der Waals surface area contributed by atoms with Crippen molar-refractivity contribution in [1.82, 2.24) is 9.62 Å². The van der Waals surface area contributed by atoms with Gasteiger partial charge in [0, 0.05) is 13.1 Å². The van der Waals surface area contributed by atoms with Crippen molar-refractivity contribution in [3.63, 3.8) is 0 Å². The summed E-state index contributed by atoms with van der Waals surface area (Å²) in [5.41, 5.74) is -0.734. The lowest BCUT2D eigenvalue weighted by Gasteiger charge is -2.39. The summed E-state index contributed by atoms with van der Waals surface area (Å²) in [5.74, 6) is 0. The van der Waals surface area contributed by atoms with E-state index >= 15 is 0 Å². The fourth-order valence-electron chi connectivity index (χ4n) is 3.04. The Morgan fingerprint density at radius 2 is 2.35 bits per heavy atom. The summed E-state index contributed by atoms with van der Waals surface area (Å²) >= 11 is 0. The van der Waals surface area contributed by atoms with E-state index in [0.717, 1.165) is 19.4 Å². The van der Waals surface area contributed by atoms with Gasteiger partial charge in [0.15, 0.2) is 0 Å². The molecule has 0 aromatic rings. The first-order valence-electron chi connectivity index (χ1n) is 6.99. The molecular weight excluding hydrogens is 280 g/mol. The standard InChI is InChI=1S/C13H20N2O4S/c16-11-2-4-12(5-3-11)20(17,18)15-8-9-19-13(15)6-1-7-14-10-13/h2,4-5,11,14,16H,1,3,6-10H2. The number of piperidine rings is 1. The lowest BCUT2D eigenvalue weighted by Crippen LogP contribution is -2.57. The van der Waals surface area contributed by atoms with Crippen molar-refractivity contribution in [2.75, 3.05) is 26.2 Å². The molecule has 0 aromatic heterocycles. The van der Waals surface area contributed by atoms with E-state index in [-0.39, 0.29) is 4.91 Å². The lowest BCUT2D eigenvalue weighted by molar-refractivity contribution is -0.0643. The van der Waals surface area contributed by atoms with E-state index in [1.807, 2.05) is 0 Å². The van der Waals surface area contributed by atoms with Crippen LogP contribution < -0.4 is 5.32 Å². The summed E-state index contributed by atoms with van der Waals surface area (Å²) in [6.07, 6.45) is 5.97. The number of hydrogen-bond donors (Lipinski definition) is 2. The molecule has 112 valence electrons. The van der Waals surface area contributed by atoms with E-state index in [1.54, 1.807) is 6.08 Å². The van der Waals surface area contributed by atoms with Crippen LogP contribution in [-0.2, 0) is 14.8 Å². The molecule has 2 aliphatic heterocycles. The van der Waals surface area contributed by atoms with Crippen LogP contribution in [0.15, 0.2) is 23.1 Å². The number of aliphatic hydroxyl groups excluding tert-OH is 1. The van der Waals surface area contributed by atoms with Crippen LogP contribution >= 0.6 is 0 Å². The Morgan fingerprint density at radius 3 is 3.00 bits per heavy atom. The number of rotatable bonds is 2. The molecule has 0 amide bonds. The first-order chi connectivity index (χ1) is 9.55. The largest absolute Gasteiger partial charge is 0.389 e. The van der Waals surface area contributed by atoms with E-state index in [2.05, 4.69) is 5.32 Å². The Bertz CT molecular complexity index is 535. The SMILES string of the molecule is O=S(=O)(C1=CCC(O)C=C1)N1CCOC12CCCNC2. The molecule has 6 nitrogen and oxygen atoms in total. The van der Waals surface area contributed by atoms with E-state index in [1.165, 1.54) is 16.5 Å². The van der Waals surface area contributed by atoms with Crippen LogP contribution in [0.3, 0.4) is 0 Å². The molecule has 2 fully saturated rings. The van der Waals surface area contributed by atoms with Crippen molar-refractivity contribution in [1.29, 1.82) is 0 Å². The fourth-order valence-corrected chi connectivity index (χ4v) is 4.81. The quantitative estimate of drug-likeness (QED) is 0.746. The van der Waals surface area contributed by atoms with Crippen molar-refractivity contribution in [3.05, 3.63) is 23.1 Å². The van der Waals surface area contributed by atoms with Gasteiger partial charge in [0.25, 0.3) is 0 Å². The molecule has 0 radical (unpaired) electrons. The molecule has 2 N–H and O–H groups in total. The first-order valence-corrected chi connectivity index (χ1v) is 8.43. The molecule has 1 spiro atoms. The number of nitrogens with one attached hydrogen (secondary N) is 1. The number of ether oxygens (including phenoxy) is 1. The van der Waals surface area contributed by atoms with Crippen LogP contribution in [0.5, 0.6) is 0 Å². The van der Waals surface area contributed by atoms with Crippen LogP contribution in [-0.4, -0.2) is 55.9 Å². The topological polar surface area (TPSA) is 78.9 Å². The first kappa shape index (κ1) is 14.2. The maximum atomic E-state index is 12.8. The van der Waals surface area contributed by atoms with Gasteiger partial charge in [-0.3, -0.25) is 0 Å². The molecule has 1 aliphatic carbocycles. The second-order valence-electron chi connectivity index (χ2n) is 5.42. The molecule has 2 unspecified atom stereocenters. The third-order valence-corrected chi connectivity index (χ3v) is 6.07. The van der Waals surface area contributed by atoms with Crippen LogP contribution in [0.4, 0.5) is 0 Å². The number of allylic oxidation sites excluding steroid dienone is 1. The Hall–Kier alpha value is -0.730. The average molecular weight is 300 g/mol. The molecule has 3 aliphatic rings. The summed E-state index contributed by atoms with van der Waals surface area (Å²) < 4.78 is 32.8. The third-order valence-electron chi connectivity index (χ3n) is 4.07. The lowest BCUT2D eigenvalue weighted by atomic mass is 10.0. The molecule has 2 saturated heterocycles. The molecule has 7 heteroatoms. The Labute approximate surface area is 119 Å². The molecule has 0 saturated carbocycles. The van der Waals surface area contributed by atoms with E-state index in [9.17, 15) is 13.5 Å². The Balaban J connectivity index is 1.89. The predicted octanol–water partition coefficient (Wildman–Crippen LogP) is -0.0672. The second-order valence-corrected chi connectivity index (χ2v) is 7.28. The summed E-state index contributed by atoms with van der Waals surface area (Å²) in [6, 6.07) is 0. The zero-order valence-corrected chi connectivity index (χ0v) is 12.1. The van der Waals surface area contributed by atoms with Gasteiger partial charge in [0.1, 0.15) is 5.72 Å². The van der Waals surface area contributed by atoms with Gasteiger partial charge in [-0.25, -0.2) is 8.42 Å². The van der Waals surface area contributed by atoms with Gasteiger partial charge in [0.2, 0.25) is 10.0 Å². The smallest absolute Gasteiger partial charge is 0.245 e. The normalized spacial score (nSPS) is 35.5. The highest BCUT2D eigenvalue weighted by molar-refractivity contribution is 7.93. The minimum atomic E-state index is -3.56. The highest BCUT2D eigenvalue weighted by Gasteiger charge is 2.49. The Kier molecular flexibility index (Phi) is 3.72. The fraction of sp³-hybridized carbons (Fsp3) is 0.692. The average Bonchev–Trinajstić information content (AvgIpc) is 2.84. The summed E-state index contributed by atoms with van der Waals surface area (Å²) in [7, 11) is -3.56. The van der Waals surface area contributed by atoms with Crippen molar-refractivity contribution >= 4 is 10.0 Å². The summed E-state index contributed by atoms with van der Waals surface area (Å²) in [4.78, 5) is 0.262. The minimum absolute atomic E-state index is 0.262. The molecular formula is C13H20N2O4S.